The second-order valence-electron chi connectivity index (χ2n) is 5.83. The molecule has 0 aromatic carbocycles. The molecule has 4 nitrogen and oxygen atoms in total. The van der Waals surface area contributed by atoms with Gasteiger partial charge in [0.25, 0.3) is 0 Å². The predicted octanol–water partition coefficient (Wildman–Crippen LogP) is 2.25. The third-order valence-corrected chi connectivity index (χ3v) is 4.48. The van der Waals surface area contributed by atoms with Crippen molar-refractivity contribution in [2.75, 3.05) is 40.3 Å². The zero-order valence-electron chi connectivity index (χ0n) is 13.0. The maximum Gasteiger partial charge on any atom is 0.0928 e. The maximum absolute atomic E-state index is 5.81. The monoisotopic (exact) mass is 297 g/mol. The Morgan fingerprint density at radius 3 is 3.10 bits per heavy atom. The third-order valence-electron chi connectivity index (χ3n) is 3.52. The van der Waals surface area contributed by atoms with Gasteiger partial charge < -0.3 is 9.64 Å². The first-order chi connectivity index (χ1) is 9.67. The fourth-order valence-electron chi connectivity index (χ4n) is 2.54. The predicted molar refractivity (Wildman–Crippen MR) is 84.3 cm³/mol. The van der Waals surface area contributed by atoms with Crippen LogP contribution in [0, 0.1) is 0 Å². The van der Waals surface area contributed by atoms with E-state index in [1.54, 1.807) is 0 Å². The standard InChI is InChI=1S/C15H27N3OS/c1-4-5-6-15-16-13(12-20-15)9-18-7-8-19-14(11-18)10-17(2)3/h12,14H,4-11H2,1-3H3/t14-/m1/s1. The Kier molecular flexibility index (Phi) is 6.42. The summed E-state index contributed by atoms with van der Waals surface area (Å²) in [6.07, 6.45) is 3.95. The van der Waals surface area contributed by atoms with E-state index in [4.69, 9.17) is 9.72 Å². The number of nitrogens with zero attached hydrogens (tertiary/aromatic N) is 3. The van der Waals surface area contributed by atoms with E-state index >= 15 is 0 Å². The maximum atomic E-state index is 5.81. The van der Waals surface area contributed by atoms with Gasteiger partial charge in [-0.3, -0.25) is 4.90 Å². The number of rotatable bonds is 7. The van der Waals surface area contributed by atoms with Crippen LogP contribution in [0.5, 0.6) is 0 Å². The summed E-state index contributed by atoms with van der Waals surface area (Å²) < 4.78 is 5.81. The Bertz CT molecular complexity index is 394. The minimum Gasteiger partial charge on any atom is -0.374 e. The van der Waals surface area contributed by atoms with Gasteiger partial charge in [-0.2, -0.15) is 0 Å². The van der Waals surface area contributed by atoms with E-state index in [0.717, 1.165) is 39.2 Å². The number of likely N-dealkylation sites (N-methyl/N-ethyl adjacent to an activating group) is 1. The van der Waals surface area contributed by atoms with Crippen molar-refractivity contribution in [1.82, 2.24) is 14.8 Å². The molecule has 2 rings (SSSR count). The van der Waals surface area contributed by atoms with Crippen molar-refractivity contribution in [1.29, 1.82) is 0 Å². The molecular formula is C15H27N3OS. The van der Waals surface area contributed by atoms with Crippen LogP contribution < -0.4 is 0 Å². The van der Waals surface area contributed by atoms with Crippen molar-refractivity contribution in [3.8, 4) is 0 Å². The van der Waals surface area contributed by atoms with E-state index in [1.807, 2.05) is 11.3 Å². The second kappa shape index (κ2) is 8.08. The number of unbranched alkanes of at least 4 members (excludes halogenated alkanes) is 1. The summed E-state index contributed by atoms with van der Waals surface area (Å²) in [7, 11) is 4.20. The van der Waals surface area contributed by atoms with Crippen LogP contribution in [0.2, 0.25) is 0 Å². The van der Waals surface area contributed by atoms with Gasteiger partial charge in [0.2, 0.25) is 0 Å². The molecule has 0 unspecified atom stereocenters. The average molecular weight is 297 g/mol. The number of morpholine rings is 1. The summed E-state index contributed by atoms with van der Waals surface area (Å²) in [5.41, 5.74) is 1.23. The molecule has 114 valence electrons. The van der Waals surface area contributed by atoms with Crippen molar-refractivity contribution in [3.63, 3.8) is 0 Å². The van der Waals surface area contributed by atoms with Crippen LogP contribution in [0.3, 0.4) is 0 Å². The fourth-order valence-corrected chi connectivity index (χ4v) is 3.37. The Balaban J connectivity index is 1.81. The third kappa shape index (κ3) is 5.13. The molecule has 1 atom stereocenters. The smallest absolute Gasteiger partial charge is 0.0928 e. The van der Waals surface area contributed by atoms with Gasteiger partial charge in [0.05, 0.1) is 23.4 Å². The number of aromatic nitrogens is 1. The van der Waals surface area contributed by atoms with Gasteiger partial charge in [-0.25, -0.2) is 4.98 Å². The molecule has 5 heteroatoms. The number of aryl methyl sites for hydroxylation is 1. The number of ether oxygens (including phenoxy) is 1. The molecular weight excluding hydrogens is 270 g/mol. The molecule has 2 heterocycles. The Hall–Kier alpha value is -0.490. The molecule has 0 aliphatic carbocycles. The van der Waals surface area contributed by atoms with Crippen LogP contribution >= 0.6 is 11.3 Å². The normalized spacial score (nSPS) is 20.7. The van der Waals surface area contributed by atoms with Gasteiger partial charge in [0, 0.05) is 31.6 Å². The summed E-state index contributed by atoms with van der Waals surface area (Å²) >= 11 is 1.81. The molecule has 0 saturated carbocycles. The summed E-state index contributed by atoms with van der Waals surface area (Å²) in [6, 6.07) is 0. The second-order valence-corrected chi connectivity index (χ2v) is 6.77. The molecule has 0 N–H and O–H groups in total. The van der Waals surface area contributed by atoms with Crippen LogP contribution in [0.25, 0.3) is 0 Å². The topological polar surface area (TPSA) is 28.6 Å². The van der Waals surface area contributed by atoms with Crippen molar-refractivity contribution in [2.24, 2.45) is 0 Å². The molecule has 1 saturated heterocycles. The van der Waals surface area contributed by atoms with Crippen molar-refractivity contribution in [3.05, 3.63) is 16.1 Å². The lowest BCUT2D eigenvalue weighted by Gasteiger charge is -2.33. The van der Waals surface area contributed by atoms with Crippen molar-refractivity contribution >= 4 is 11.3 Å². The highest BCUT2D eigenvalue weighted by molar-refractivity contribution is 7.09. The fraction of sp³-hybridized carbons (Fsp3) is 0.800. The Labute approximate surface area is 126 Å². The lowest BCUT2D eigenvalue weighted by Crippen LogP contribution is -2.46. The largest absolute Gasteiger partial charge is 0.374 e. The van der Waals surface area contributed by atoms with Gasteiger partial charge in [-0.05, 0) is 26.9 Å². The van der Waals surface area contributed by atoms with Gasteiger partial charge in [0.1, 0.15) is 0 Å². The quantitative estimate of drug-likeness (QED) is 0.772. The SMILES string of the molecule is CCCCc1nc(CN2CCO[C@H](CN(C)C)C2)cs1. The van der Waals surface area contributed by atoms with Gasteiger partial charge >= 0.3 is 0 Å². The van der Waals surface area contributed by atoms with Crippen LogP contribution in [0.15, 0.2) is 5.38 Å². The summed E-state index contributed by atoms with van der Waals surface area (Å²) in [4.78, 5) is 9.42. The van der Waals surface area contributed by atoms with Crippen LogP contribution in [-0.4, -0.2) is 61.2 Å². The first-order valence-corrected chi connectivity index (χ1v) is 8.47. The van der Waals surface area contributed by atoms with Crippen LogP contribution in [0.1, 0.15) is 30.5 Å². The lowest BCUT2D eigenvalue weighted by molar-refractivity contribution is -0.0409. The first kappa shape index (κ1) is 15.9. The summed E-state index contributed by atoms with van der Waals surface area (Å²) in [5, 5.41) is 3.52. The summed E-state index contributed by atoms with van der Waals surface area (Å²) in [6.45, 7) is 7.06. The molecule has 1 aromatic rings. The highest BCUT2D eigenvalue weighted by atomic mass is 32.1. The molecule has 0 bridgehead atoms. The lowest BCUT2D eigenvalue weighted by atomic mass is 10.2. The van der Waals surface area contributed by atoms with E-state index in [1.165, 1.54) is 23.5 Å². The van der Waals surface area contributed by atoms with Gasteiger partial charge in [-0.15, -0.1) is 11.3 Å². The zero-order chi connectivity index (χ0) is 14.4. The highest BCUT2D eigenvalue weighted by Gasteiger charge is 2.21. The van der Waals surface area contributed by atoms with E-state index in [-0.39, 0.29) is 0 Å². The minimum absolute atomic E-state index is 0.331. The molecule has 1 aromatic heterocycles. The molecule has 0 radical (unpaired) electrons. The summed E-state index contributed by atoms with van der Waals surface area (Å²) in [5.74, 6) is 0. The van der Waals surface area contributed by atoms with Crippen LogP contribution in [0.4, 0.5) is 0 Å². The van der Waals surface area contributed by atoms with Gasteiger partial charge in [-0.1, -0.05) is 13.3 Å². The van der Waals surface area contributed by atoms with E-state index in [0.29, 0.717) is 6.10 Å². The molecule has 1 fully saturated rings. The molecule has 20 heavy (non-hydrogen) atoms. The van der Waals surface area contributed by atoms with Crippen molar-refractivity contribution < 1.29 is 4.74 Å². The van der Waals surface area contributed by atoms with E-state index in [9.17, 15) is 0 Å². The van der Waals surface area contributed by atoms with E-state index in [2.05, 4.69) is 36.2 Å². The molecule has 1 aliphatic heterocycles. The zero-order valence-corrected chi connectivity index (χ0v) is 13.8. The first-order valence-electron chi connectivity index (χ1n) is 7.59. The van der Waals surface area contributed by atoms with E-state index < -0.39 is 0 Å². The van der Waals surface area contributed by atoms with Crippen LogP contribution in [-0.2, 0) is 17.7 Å². The minimum atomic E-state index is 0.331. The number of hydrogen-bond acceptors (Lipinski definition) is 5. The van der Waals surface area contributed by atoms with Gasteiger partial charge in [0.15, 0.2) is 0 Å². The van der Waals surface area contributed by atoms with Crippen molar-refractivity contribution in [2.45, 2.75) is 38.8 Å². The highest BCUT2D eigenvalue weighted by Crippen LogP contribution is 2.16. The average Bonchev–Trinajstić information content (AvgIpc) is 2.83. The molecule has 1 aliphatic rings. The number of hydrogen-bond donors (Lipinski definition) is 0. The molecule has 0 amide bonds. The Morgan fingerprint density at radius 1 is 1.50 bits per heavy atom. The molecule has 0 spiro atoms. The number of thiazole rings is 1. The Morgan fingerprint density at radius 2 is 2.35 bits per heavy atom.